The van der Waals surface area contributed by atoms with Gasteiger partial charge in [0.25, 0.3) is 17.7 Å². The van der Waals surface area contributed by atoms with Crippen molar-refractivity contribution in [1.29, 1.82) is 0 Å². The Labute approximate surface area is 181 Å². The Morgan fingerprint density at radius 2 is 1.42 bits per heavy atom. The molecule has 3 aromatic carbocycles. The number of nitrogens with one attached hydrogen (secondary N) is 3. The van der Waals surface area contributed by atoms with Crippen LogP contribution in [0.15, 0.2) is 85.5 Å². The second kappa shape index (κ2) is 10.0. The number of carbonyl (C=O) groups is 3. The summed E-state index contributed by atoms with van der Waals surface area (Å²) in [6.07, 6.45) is 1.58. The second-order valence-electron chi connectivity index (χ2n) is 6.85. The molecule has 156 valence electrons. The smallest absolute Gasteiger partial charge is 0.255 e. The first kappa shape index (κ1) is 21.5. The lowest BCUT2D eigenvalue weighted by atomic mass is 10.1. The molecule has 0 aliphatic carbocycles. The van der Waals surface area contributed by atoms with Crippen LogP contribution < -0.4 is 16.0 Å². The van der Waals surface area contributed by atoms with Gasteiger partial charge in [-0.15, -0.1) is 6.58 Å². The Balaban J connectivity index is 1.79. The van der Waals surface area contributed by atoms with Gasteiger partial charge in [0, 0.05) is 23.4 Å². The van der Waals surface area contributed by atoms with Crippen molar-refractivity contribution in [3.05, 3.63) is 108 Å². The Morgan fingerprint density at radius 3 is 2.16 bits per heavy atom. The van der Waals surface area contributed by atoms with Gasteiger partial charge in [0.1, 0.15) is 0 Å². The van der Waals surface area contributed by atoms with E-state index in [-0.39, 0.29) is 17.7 Å². The topological polar surface area (TPSA) is 87.3 Å². The van der Waals surface area contributed by atoms with Crippen LogP contribution in [0, 0.1) is 6.92 Å². The molecule has 3 aromatic rings. The minimum atomic E-state index is -0.390. The van der Waals surface area contributed by atoms with Gasteiger partial charge >= 0.3 is 0 Å². The van der Waals surface area contributed by atoms with Crippen molar-refractivity contribution in [3.8, 4) is 0 Å². The summed E-state index contributed by atoms with van der Waals surface area (Å²) in [6.45, 7) is 5.75. The molecule has 3 N–H and O–H groups in total. The number of aryl methyl sites for hydroxylation is 1. The Bertz CT molecular complexity index is 1120. The Kier molecular flexibility index (Phi) is 6.96. The SMILES string of the molecule is C=CCNC(=O)c1ccccc1NC(=O)c1ccc(C)c(NC(=O)c2ccccc2)c1. The van der Waals surface area contributed by atoms with E-state index in [4.69, 9.17) is 0 Å². The second-order valence-corrected chi connectivity index (χ2v) is 6.85. The van der Waals surface area contributed by atoms with Crippen LogP contribution in [0.25, 0.3) is 0 Å². The molecule has 0 aromatic heterocycles. The van der Waals surface area contributed by atoms with Crippen LogP contribution in [0.5, 0.6) is 0 Å². The first-order chi connectivity index (χ1) is 15.0. The van der Waals surface area contributed by atoms with E-state index in [0.29, 0.717) is 34.6 Å². The summed E-state index contributed by atoms with van der Waals surface area (Å²) < 4.78 is 0. The third kappa shape index (κ3) is 5.45. The van der Waals surface area contributed by atoms with E-state index >= 15 is 0 Å². The summed E-state index contributed by atoms with van der Waals surface area (Å²) in [7, 11) is 0. The Morgan fingerprint density at radius 1 is 0.774 bits per heavy atom. The van der Waals surface area contributed by atoms with Crippen molar-refractivity contribution in [1.82, 2.24) is 5.32 Å². The highest BCUT2D eigenvalue weighted by molar-refractivity contribution is 6.10. The largest absolute Gasteiger partial charge is 0.349 e. The Hall–Kier alpha value is -4.19. The number of anilines is 2. The molecular formula is C25H23N3O3. The summed E-state index contributed by atoms with van der Waals surface area (Å²) in [5, 5.41) is 8.32. The maximum atomic E-state index is 12.9. The predicted molar refractivity (Wildman–Crippen MR) is 122 cm³/mol. The lowest BCUT2D eigenvalue weighted by Gasteiger charge is -2.13. The monoisotopic (exact) mass is 413 g/mol. The van der Waals surface area contributed by atoms with Gasteiger partial charge in [-0.1, -0.05) is 42.5 Å². The number of hydrogen-bond acceptors (Lipinski definition) is 3. The van der Waals surface area contributed by atoms with Crippen molar-refractivity contribution in [3.63, 3.8) is 0 Å². The molecule has 0 atom stereocenters. The van der Waals surface area contributed by atoms with E-state index in [0.717, 1.165) is 5.56 Å². The molecule has 0 saturated heterocycles. The molecule has 0 radical (unpaired) electrons. The molecule has 3 amide bonds. The molecule has 31 heavy (non-hydrogen) atoms. The van der Waals surface area contributed by atoms with Gasteiger partial charge in [0.2, 0.25) is 0 Å². The number of amides is 3. The first-order valence-electron chi connectivity index (χ1n) is 9.76. The normalized spacial score (nSPS) is 10.1. The fraction of sp³-hybridized carbons (Fsp3) is 0.0800. The molecular weight excluding hydrogens is 390 g/mol. The highest BCUT2D eigenvalue weighted by atomic mass is 16.2. The molecule has 0 saturated carbocycles. The number of hydrogen-bond donors (Lipinski definition) is 3. The van der Waals surface area contributed by atoms with E-state index in [1.165, 1.54) is 0 Å². The van der Waals surface area contributed by atoms with E-state index in [1.807, 2.05) is 13.0 Å². The fourth-order valence-electron chi connectivity index (χ4n) is 2.93. The van der Waals surface area contributed by atoms with Crippen LogP contribution in [0.3, 0.4) is 0 Å². The number of benzene rings is 3. The molecule has 3 rings (SSSR count). The van der Waals surface area contributed by atoms with Crippen molar-refractivity contribution in [2.45, 2.75) is 6.92 Å². The molecule has 0 unspecified atom stereocenters. The maximum absolute atomic E-state index is 12.9. The van der Waals surface area contributed by atoms with Crippen LogP contribution >= 0.6 is 0 Å². The van der Waals surface area contributed by atoms with Crippen molar-refractivity contribution in [2.24, 2.45) is 0 Å². The molecule has 0 bridgehead atoms. The van der Waals surface area contributed by atoms with Crippen molar-refractivity contribution < 1.29 is 14.4 Å². The van der Waals surface area contributed by atoms with Crippen LogP contribution in [0.1, 0.15) is 36.6 Å². The van der Waals surface area contributed by atoms with E-state index in [9.17, 15) is 14.4 Å². The third-order valence-corrected chi connectivity index (χ3v) is 4.61. The summed E-state index contributed by atoms with van der Waals surface area (Å²) in [5.41, 5.74) is 2.99. The average Bonchev–Trinajstić information content (AvgIpc) is 2.79. The quantitative estimate of drug-likeness (QED) is 0.501. The molecule has 0 spiro atoms. The number of carbonyl (C=O) groups excluding carboxylic acids is 3. The molecule has 0 heterocycles. The minimum absolute atomic E-state index is 0.259. The van der Waals surface area contributed by atoms with E-state index in [2.05, 4.69) is 22.5 Å². The molecule has 0 aliphatic rings. The number of para-hydroxylation sites is 1. The molecule has 6 nitrogen and oxygen atoms in total. The van der Waals surface area contributed by atoms with Gasteiger partial charge in [-0.2, -0.15) is 0 Å². The van der Waals surface area contributed by atoms with Crippen molar-refractivity contribution >= 4 is 29.1 Å². The maximum Gasteiger partial charge on any atom is 0.255 e. The molecule has 6 heteroatoms. The molecule has 0 aliphatic heterocycles. The van der Waals surface area contributed by atoms with E-state index in [1.54, 1.807) is 72.8 Å². The van der Waals surface area contributed by atoms with Crippen LogP contribution in [0.4, 0.5) is 11.4 Å². The standard InChI is InChI=1S/C25H23N3O3/c1-3-15-26-25(31)20-11-7-8-12-21(20)27-24(30)19-14-13-17(2)22(16-19)28-23(29)18-9-5-4-6-10-18/h3-14,16H,1,15H2,2H3,(H,26,31)(H,27,30)(H,28,29). The van der Waals surface area contributed by atoms with Gasteiger partial charge in [-0.05, 0) is 48.9 Å². The van der Waals surface area contributed by atoms with Gasteiger partial charge in [0.05, 0.1) is 11.3 Å². The first-order valence-corrected chi connectivity index (χ1v) is 9.76. The van der Waals surface area contributed by atoms with Crippen LogP contribution in [0.2, 0.25) is 0 Å². The lowest BCUT2D eigenvalue weighted by molar-refractivity contribution is 0.0958. The van der Waals surface area contributed by atoms with Gasteiger partial charge in [-0.25, -0.2) is 0 Å². The number of rotatable bonds is 7. The zero-order valence-corrected chi connectivity index (χ0v) is 17.1. The van der Waals surface area contributed by atoms with Crippen LogP contribution in [-0.2, 0) is 0 Å². The van der Waals surface area contributed by atoms with Crippen molar-refractivity contribution in [2.75, 3.05) is 17.2 Å². The molecule has 0 fully saturated rings. The zero-order valence-electron chi connectivity index (χ0n) is 17.1. The predicted octanol–water partition coefficient (Wildman–Crippen LogP) is 4.42. The highest BCUT2D eigenvalue weighted by Gasteiger charge is 2.15. The van der Waals surface area contributed by atoms with E-state index < -0.39 is 0 Å². The van der Waals surface area contributed by atoms with Crippen LogP contribution in [-0.4, -0.2) is 24.3 Å². The lowest BCUT2D eigenvalue weighted by Crippen LogP contribution is -2.25. The summed E-state index contributed by atoms with van der Waals surface area (Å²) in [6, 6.07) is 20.6. The van der Waals surface area contributed by atoms with Gasteiger partial charge in [-0.3, -0.25) is 14.4 Å². The third-order valence-electron chi connectivity index (χ3n) is 4.61. The van der Waals surface area contributed by atoms with Gasteiger partial charge < -0.3 is 16.0 Å². The average molecular weight is 413 g/mol. The summed E-state index contributed by atoms with van der Waals surface area (Å²) in [5.74, 6) is -0.958. The summed E-state index contributed by atoms with van der Waals surface area (Å²) in [4.78, 5) is 37.7. The highest BCUT2D eigenvalue weighted by Crippen LogP contribution is 2.21. The minimum Gasteiger partial charge on any atom is -0.349 e. The summed E-state index contributed by atoms with van der Waals surface area (Å²) >= 11 is 0. The fourth-order valence-corrected chi connectivity index (χ4v) is 2.93. The zero-order chi connectivity index (χ0) is 22.2. The van der Waals surface area contributed by atoms with Gasteiger partial charge in [0.15, 0.2) is 0 Å².